The molecule has 6 nitrogen and oxygen atoms in total. The molecule has 2 heterocycles. The van der Waals surface area contributed by atoms with Crippen molar-refractivity contribution in [3.8, 4) is 11.4 Å². The van der Waals surface area contributed by atoms with Crippen molar-refractivity contribution in [2.75, 3.05) is 13.1 Å². The highest BCUT2D eigenvalue weighted by atomic mass is 32.2. The minimum Gasteiger partial charge on any atom is -0.339 e. The SMILES string of the molecule is CC(C)c1ccc(-c2noc([C@@H]3CCCN(S(=O)(=O)c4ccccc4F)C3)n2)cc1. The van der Waals surface area contributed by atoms with Crippen molar-refractivity contribution < 1.29 is 17.3 Å². The van der Waals surface area contributed by atoms with Crippen molar-refractivity contribution in [2.45, 2.75) is 43.4 Å². The highest BCUT2D eigenvalue weighted by molar-refractivity contribution is 7.89. The Bertz CT molecular complexity index is 1130. The van der Waals surface area contributed by atoms with Crippen LogP contribution in [-0.4, -0.2) is 36.0 Å². The lowest BCUT2D eigenvalue weighted by molar-refractivity contribution is 0.265. The Hall–Kier alpha value is -2.58. The first kappa shape index (κ1) is 20.7. The van der Waals surface area contributed by atoms with Crippen LogP contribution in [0.2, 0.25) is 0 Å². The maximum atomic E-state index is 14.1. The third-order valence-corrected chi connectivity index (χ3v) is 7.36. The first-order valence-corrected chi connectivity index (χ1v) is 11.5. The first-order valence-electron chi connectivity index (χ1n) is 10.0. The Labute approximate surface area is 175 Å². The number of halogens is 1. The van der Waals surface area contributed by atoms with Gasteiger partial charge in [0.2, 0.25) is 21.7 Å². The number of hydrogen-bond acceptors (Lipinski definition) is 5. The second-order valence-electron chi connectivity index (χ2n) is 7.87. The molecule has 2 aromatic carbocycles. The number of aromatic nitrogens is 2. The number of piperidine rings is 1. The molecule has 0 amide bonds. The van der Waals surface area contributed by atoms with Gasteiger partial charge in [0, 0.05) is 18.7 Å². The summed E-state index contributed by atoms with van der Waals surface area (Å²) in [4.78, 5) is 4.21. The summed E-state index contributed by atoms with van der Waals surface area (Å²) in [6.45, 7) is 4.78. The van der Waals surface area contributed by atoms with Gasteiger partial charge in [0.05, 0.1) is 5.92 Å². The fourth-order valence-electron chi connectivity index (χ4n) is 3.69. The zero-order chi connectivity index (χ0) is 21.3. The Morgan fingerprint density at radius 3 is 2.57 bits per heavy atom. The highest BCUT2D eigenvalue weighted by Gasteiger charge is 2.34. The van der Waals surface area contributed by atoms with Gasteiger partial charge in [-0.15, -0.1) is 0 Å². The molecule has 1 aliphatic heterocycles. The quantitative estimate of drug-likeness (QED) is 0.594. The van der Waals surface area contributed by atoms with Crippen molar-refractivity contribution in [2.24, 2.45) is 0 Å². The lowest BCUT2D eigenvalue weighted by atomic mass is 9.99. The normalized spacial score (nSPS) is 18.1. The molecule has 1 fully saturated rings. The van der Waals surface area contributed by atoms with Crippen LogP contribution in [0.1, 0.15) is 50.0 Å². The highest BCUT2D eigenvalue weighted by Crippen LogP contribution is 2.31. The summed E-state index contributed by atoms with van der Waals surface area (Å²) in [5, 5.41) is 4.08. The largest absolute Gasteiger partial charge is 0.339 e. The summed E-state index contributed by atoms with van der Waals surface area (Å²) in [5.74, 6) is 0.353. The van der Waals surface area contributed by atoms with E-state index in [1.165, 1.54) is 28.1 Å². The van der Waals surface area contributed by atoms with Gasteiger partial charge in [-0.1, -0.05) is 55.4 Å². The van der Waals surface area contributed by atoms with Crippen LogP contribution in [0.5, 0.6) is 0 Å². The Morgan fingerprint density at radius 2 is 1.87 bits per heavy atom. The van der Waals surface area contributed by atoms with E-state index in [1.54, 1.807) is 0 Å². The third kappa shape index (κ3) is 4.02. The maximum Gasteiger partial charge on any atom is 0.246 e. The smallest absolute Gasteiger partial charge is 0.246 e. The van der Waals surface area contributed by atoms with E-state index >= 15 is 0 Å². The Morgan fingerprint density at radius 1 is 1.13 bits per heavy atom. The molecule has 0 unspecified atom stereocenters. The van der Waals surface area contributed by atoms with E-state index < -0.39 is 15.8 Å². The van der Waals surface area contributed by atoms with Crippen LogP contribution < -0.4 is 0 Å². The van der Waals surface area contributed by atoms with Crippen LogP contribution in [0.25, 0.3) is 11.4 Å². The van der Waals surface area contributed by atoms with E-state index in [4.69, 9.17) is 4.52 Å². The van der Waals surface area contributed by atoms with Gasteiger partial charge in [-0.05, 0) is 36.5 Å². The van der Waals surface area contributed by atoms with E-state index in [-0.39, 0.29) is 17.4 Å². The molecule has 0 aliphatic carbocycles. The lowest BCUT2D eigenvalue weighted by Gasteiger charge is -2.30. The van der Waals surface area contributed by atoms with Gasteiger partial charge in [-0.3, -0.25) is 0 Å². The predicted octanol–water partition coefficient (Wildman–Crippen LogP) is 4.57. The molecule has 8 heteroatoms. The minimum absolute atomic E-state index is 0.185. The van der Waals surface area contributed by atoms with E-state index in [0.717, 1.165) is 18.1 Å². The molecule has 0 N–H and O–H groups in total. The topological polar surface area (TPSA) is 76.3 Å². The van der Waals surface area contributed by atoms with Gasteiger partial charge in [0.25, 0.3) is 0 Å². The van der Waals surface area contributed by atoms with Crippen molar-refractivity contribution in [3.63, 3.8) is 0 Å². The molecule has 1 saturated heterocycles. The Balaban J connectivity index is 1.54. The molecular weight excluding hydrogens is 405 g/mol. The zero-order valence-electron chi connectivity index (χ0n) is 17.0. The predicted molar refractivity (Wildman–Crippen MR) is 111 cm³/mol. The van der Waals surface area contributed by atoms with Crippen LogP contribution in [0.15, 0.2) is 57.9 Å². The van der Waals surface area contributed by atoms with E-state index in [2.05, 4.69) is 24.0 Å². The Kier molecular flexibility index (Phi) is 5.71. The number of nitrogens with zero attached hydrogens (tertiary/aromatic N) is 3. The molecule has 4 rings (SSSR count). The molecular formula is C22H24FN3O3S. The summed E-state index contributed by atoms with van der Waals surface area (Å²) in [7, 11) is -3.92. The number of sulfonamides is 1. The fraction of sp³-hybridized carbons (Fsp3) is 0.364. The molecule has 30 heavy (non-hydrogen) atoms. The van der Waals surface area contributed by atoms with Crippen LogP contribution in [0.3, 0.4) is 0 Å². The van der Waals surface area contributed by atoms with Crippen molar-refractivity contribution in [3.05, 3.63) is 65.8 Å². The number of rotatable bonds is 5. The second kappa shape index (κ2) is 8.28. The van der Waals surface area contributed by atoms with Crippen LogP contribution in [0.4, 0.5) is 4.39 Å². The van der Waals surface area contributed by atoms with E-state index in [0.29, 0.717) is 30.6 Å². The van der Waals surface area contributed by atoms with Gasteiger partial charge in [0.15, 0.2) is 0 Å². The number of hydrogen-bond donors (Lipinski definition) is 0. The van der Waals surface area contributed by atoms with E-state index in [1.807, 2.05) is 24.3 Å². The average molecular weight is 430 g/mol. The molecule has 0 radical (unpaired) electrons. The van der Waals surface area contributed by atoms with E-state index in [9.17, 15) is 12.8 Å². The monoisotopic (exact) mass is 429 g/mol. The second-order valence-corrected chi connectivity index (χ2v) is 9.77. The van der Waals surface area contributed by atoms with Crippen LogP contribution >= 0.6 is 0 Å². The minimum atomic E-state index is -3.92. The summed E-state index contributed by atoms with van der Waals surface area (Å²) < 4.78 is 46.7. The van der Waals surface area contributed by atoms with Gasteiger partial charge in [-0.25, -0.2) is 12.8 Å². The molecule has 1 atom stereocenters. The van der Waals surface area contributed by atoms with Crippen molar-refractivity contribution >= 4 is 10.0 Å². The van der Waals surface area contributed by atoms with Gasteiger partial charge in [-0.2, -0.15) is 9.29 Å². The van der Waals surface area contributed by atoms with Crippen LogP contribution in [-0.2, 0) is 10.0 Å². The standard InChI is InChI=1S/C22H24FN3O3S/c1-15(2)16-9-11-17(12-10-16)21-24-22(29-25-21)18-6-5-13-26(14-18)30(27,28)20-8-4-3-7-19(20)23/h3-4,7-12,15,18H,5-6,13-14H2,1-2H3/t18-/m1/s1. The molecule has 1 aromatic heterocycles. The molecule has 3 aromatic rings. The third-order valence-electron chi connectivity index (χ3n) is 5.47. The summed E-state index contributed by atoms with van der Waals surface area (Å²) >= 11 is 0. The first-order chi connectivity index (χ1) is 14.4. The average Bonchev–Trinajstić information content (AvgIpc) is 3.24. The van der Waals surface area contributed by atoms with Gasteiger partial charge >= 0.3 is 0 Å². The number of benzene rings is 2. The summed E-state index contributed by atoms with van der Waals surface area (Å²) in [6.07, 6.45) is 1.37. The van der Waals surface area contributed by atoms with Crippen LogP contribution in [0, 0.1) is 5.82 Å². The van der Waals surface area contributed by atoms with Crippen molar-refractivity contribution in [1.82, 2.24) is 14.4 Å². The molecule has 0 spiro atoms. The fourth-order valence-corrected chi connectivity index (χ4v) is 5.28. The lowest BCUT2D eigenvalue weighted by Crippen LogP contribution is -2.39. The summed E-state index contributed by atoms with van der Waals surface area (Å²) in [6, 6.07) is 13.4. The molecule has 1 aliphatic rings. The maximum absolute atomic E-state index is 14.1. The molecule has 158 valence electrons. The zero-order valence-corrected chi connectivity index (χ0v) is 17.8. The van der Waals surface area contributed by atoms with Gasteiger partial charge in [0.1, 0.15) is 10.7 Å². The van der Waals surface area contributed by atoms with Gasteiger partial charge < -0.3 is 4.52 Å². The summed E-state index contributed by atoms with van der Waals surface area (Å²) in [5.41, 5.74) is 2.07. The van der Waals surface area contributed by atoms with Crippen molar-refractivity contribution in [1.29, 1.82) is 0 Å². The molecule has 0 saturated carbocycles. The molecule has 0 bridgehead atoms.